The summed E-state index contributed by atoms with van der Waals surface area (Å²) in [5.41, 5.74) is -0.472. The van der Waals surface area contributed by atoms with Gasteiger partial charge in [-0.1, -0.05) is 35.3 Å². The van der Waals surface area contributed by atoms with E-state index in [2.05, 4.69) is 20.5 Å². The number of rotatable bonds is 7. The maximum atomic E-state index is 13.5. The summed E-state index contributed by atoms with van der Waals surface area (Å²) in [5.74, 6) is -0.259. The lowest BCUT2D eigenvalue weighted by atomic mass is 10.2. The van der Waals surface area contributed by atoms with Crippen molar-refractivity contribution in [3.63, 3.8) is 0 Å². The fraction of sp³-hybridized carbons (Fsp3) is 0.360. The molecule has 3 heterocycles. The smallest absolute Gasteiger partial charge is 0.382 e. The van der Waals surface area contributed by atoms with Gasteiger partial charge in [0.15, 0.2) is 17.8 Å². The molecule has 2 N–H and O–H groups in total. The predicted octanol–water partition coefficient (Wildman–Crippen LogP) is 3.91. The minimum Gasteiger partial charge on any atom is -0.382 e. The maximum absolute atomic E-state index is 13.5. The molecule has 0 saturated carbocycles. The molecule has 4 aromatic rings. The highest BCUT2D eigenvalue weighted by atomic mass is 35.5. The quantitative estimate of drug-likeness (QED) is 0.292. The summed E-state index contributed by atoms with van der Waals surface area (Å²) in [6.45, 7) is -1.97. The van der Waals surface area contributed by atoms with E-state index in [1.165, 1.54) is 33.8 Å². The Morgan fingerprint density at radius 1 is 1.02 bits per heavy atom. The lowest BCUT2D eigenvalue weighted by Crippen LogP contribution is -2.57. The Morgan fingerprint density at radius 2 is 1.72 bits per heavy atom. The molecule has 230 valence electrons. The molecule has 2 aromatic heterocycles. The molecular formula is C25H22Cl2F6N8O2. The monoisotopic (exact) mass is 650 g/mol. The van der Waals surface area contributed by atoms with Crippen LogP contribution in [-0.2, 0) is 13.1 Å². The first-order chi connectivity index (χ1) is 20.2. The normalized spacial score (nSPS) is 17.0. The van der Waals surface area contributed by atoms with Crippen LogP contribution in [0.3, 0.4) is 0 Å². The lowest BCUT2D eigenvalue weighted by Gasteiger charge is -2.35. The van der Waals surface area contributed by atoms with Crippen molar-refractivity contribution in [2.24, 2.45) is 0 Å². The van der Waals surface area contributed by atoms with Crippen molar-refractivity contribution in [3.05, 3.63) is 74.9 Å². The van der Waals surface area contributed by atoms with Gasteiger partial charge in [-0.2, -0.15) is 36.0 Å². The molecule has 2 atom stereocenters. The van der Waals surface area contributed by atoms with Gasteiger partial charge in [0.25, 0.3) is 0 Å². The second-order valence-electron chi connectivity index (χ2n) is 9.62. The number of halogens is 8. The van der Waals surface area contributed by atoms with E-state index in [1.54, 1.807) is 24.3 Å². The van der Waals surface area contributed by atoms with Crippen molar-refractivity contribution in [1.82, 2.24) is 34.4 Å². The second-order valence-corrected chi connectivity index (χ2v) is 10.5. The van der Waals surface area contributed by atoms with E-state index in [0.717, 1.165) is 4.68 Å². The van der Waals surface area contributed by atoms with Crippen LogP contribution in [0, 0.1) is 0 Å². The molecule has 10 nitrogen and oxygen atoms in total. The predicted molar refractivity (Wildman–Crippen MR) is 145 cm³/mol. The first-order valence-corrected chi connectivity index (χ1v) is 13.4. The molecule has 1 fully saturated rings. The number of hydrogen-bond acceptors (Lipinski definition) is 7. The first-order valence-electron chi connectivity index (χ1n) is 12.7. The molecule has 0 aliphatic carbocycles. The molecule has 43 heavy (non-hydrogen) atoms. The number of nitrogens with zero attached hydrogens (tertiary/aromatic N) is 7. The standard InChI is InChI=1S/C25H22Cl2F6N8O2/c26-15-7-5-14(6-8-15)21-37-40(23(43)39(21)12-19(42)25(31,32)33)13-20-35-22(38-10-9-34-18(11-38)24(28,29)30)41(36-20)17-4-2-1-3-16(17)27/h1-8,18-19,34,42H,9-13H2/t18?,19-/m0/s1. The minimum absolute atomic E-state index is 0.00919. The van der Waals surface area contributed by atoms with Gasteiger partial charge in [0.05, 0.1) is 17.3 Å². The molecule has 2 aromatic carbocycles. The summed E-state index contributed by atoms with van der Waals surface area (Å²) in [7, 11) is 0. The third-order valence-corrected chi connectivity index (χ3v) is 7.19. The zero-order valence-corrected chi connectivity index (χ0v) is 23.3. The maximum Gasteiger partial charge on any atom is 0.416 e. The Morgan fingerprint density at radius 3 is 2.37 bits per heavy atom. The van der Waals surface area contributed by atoms with Crippen LogP contribution in [-0.4, -0.2) is 78.4 Å². The molecule has 1 aliphatic rings. The number of anilines is 1. The molecule has 1 aliphatic heterocycles. The molecule has 0 radical (unpaired) electrons. The van der Waals surface area contributed by atoms with Gasteiger partial charge >= 0.3 is 18.0 Å². The molecule has 0 bridgehead atoms. The number of benzene rings is 2. The first kappa shape index (κ1) is 30.8. The van der Waals surface area contributed by atoms with Crippen molar-refractivity contribution < 1.29 is 31.4 Å². The third-order valence-electron chi connectivity index (χ3n) is 6.62. The van der Waals surface area contributed by atoms with Crippen molar-refractivity contribution in [1.29, 1.82) is 0 Å². The molecule has 1 saturated heterocycles. The highest BCUT2D eigenvalue weighted by Gasteiger charge is 2.43. The number of aromatic nitrogens is 6. The Hall–Kier alpha value is -3.60. The zero-order chi connectivity index (χ0) is 31.1. The number of aliphatic hydroxyl groups is 1. The van der Waals surface area contributed by atoms with Crippen LogP contribution in [0.4, 0.5) is 32.3 Å². The average Bonchev–Trinajstić information content (AvgIpc) is 3.50. The third kappa shape index (κ3) is 6.66. The Kier molecular flexibility index (Phi) is 8.48. The molecule has 1 unspecified atom stereocenters. The van der Waals surface area contributed by atoms with Crippen molar-refractivity contribution >= 4 is 29.2 Å². The van der Waals surface area contributed by atoms with E-state index < -0.39 is 49.8 Å². The van der Waals surface area contributed by atoms with Gasteiger partial charge in [-0.15, -0.1) is 10.2 Å². The SMILES string of the molecule is O=c1n(Cc2nc(N3CCNC(C(F)(F)F)C3)n(-c3ccccc3Cl)n2)nc(-c2ccc(Cl)cc2)n1C[C@H](O)C(F)(F)F. The summed E-state index contributed by atoms with van der Waals surface area (Å²) in [5, 5.41) is 21.3. The van der Waals surface area contributed by atoms with Gasteiger partial charge in [-0.05, 0) is 36.4 Å². The molecule has 0 amide bonds. The summed E-state index contributed by atoms with van der Waals surface area (Å²) >= 11 is 12.3. The number of para-hydroxylation sites is 1. The van der Waals surface area contributed by atoms with Crippen LogP contribution in [0.1, 0.15) is 5.82 Å². The summed E-state index contributed by atoms with van der Waals surface area (Å²) in [4.78, 5) is 19.1. The van der Waals surface area contributed by atoms with Crippen LogP contribution in [0.5, 0.6) is 0 Å². The Labute approximate surface area is 249 Å². The van der Waals surface area contributed by atoms with E-state index in [9.17, 15) is 36.2 Å². The molecule has 18 heteroatoms. The topological polar surface area (TPSA) is 106 Å². The van der Waals surface area contributed by atoms with Gasteiger partial charge in [-0.25, -0.2) is 9.48 Å². The van der Waals surface area contributed by atoms with Crippen molar-refractivity contribution in [2.45, 2.75) is 37.6 Å². The van der Waals surface area contributed by atoms with Gasteiger partial charge in [0.1, 0.15) is 12.6 Å². The zero-order valence-electron chi connectivity index (χ0n) is 21.8. The van der Waals surface area contributed by atoms with Crippen LogP contribution >= 0.6 is 23.2 Å². The number of hydrogen-bond donors (Lipinski definition) is 2. The van der Waals surface area contributed by atoms with Crippen LogP contribution in [0.15, 0.2) is 53.3 Å². The van der Waals surface area contributed by atoms with Crippen LogP contribution < -0.4 is 15.9 Å². The number of piperazine rings is 1. The van der Waals surface area contributed by atoms with E-state index in [-0.39, 0.29) is 41.3 Å². The summed E-state index contributed by atoms with van der Waals surface area (Å²) < 4.78 is 82.9. The number of alkyl halides is 6. The van der Waals surface area contributed by atoms with Gasteiger partial charge in [0.2, 0.25) is 5.95 Å². The van der Waals surface area contributed by atoms with E-state index in [0.29, 0.717) is 15.3 Å². The van der Waals surface area contributed by atoms with Crippen molar-refractivity contribution in [3.8, 4) is 17.1 Å². The lowest BCUT2D eigenvalue weighted by molar-refractivity contribution is -0.207. The van der Waals surface area contributed by atoms with Gasteiger partial charge < -0.3 is 15.3 Å². The van der Waals surface area contributed by atoms with Crippen molar-refractivity contribution in [2.75, 3.05) is 24.5 Å². The van der Waals surface area contributed by atoms with Crippen LogP contribution in [0.2, 0.25) is 10.0 Å². The van der Waals surface area contributed by atoms with E-state index >= 15 is 0 Å². The van der Waals surface area contributed by atoms with E-state index in [1.807, 2.05) is 0 Å². The number of nitrogens with one attached hydrogen (secondary N) is 1. The average molecular weight is 651 g/mol. The minimum atomic E-state index is -5.01. The van der Waals surface area contributed by atoms with Gasteiger partial charge in [-0.3, -0.25) is 4.57 Å². The largest absolute Gasteiger partial charge is 0.416 e. The molecule has 5 rings (SSSR count). The fourth-order valence-electron chi connectivity index (χ4n) is 4.48. The Balaban J connectivity index is 1.56. The highest BCUT2D eigenvalue weighted by molar-refractivity contribution is 6.32. The van der Waals surface area contributed by atoms with E-state index in [4.69, 9.17) is 23.2 Å². The summed E-state index contributed by atoms with van der Waals surface area (Å²) in [6.07, 6.45) is -12.4. The second kappa shape index (κ2) is 11.8. The van der Waals surface area contributed by atoms with Crippen LogP contribution in [0.25, 0.3) is 17.1 Å². The fourth-order valence-corrected chi connectivity index (χ4v) is 4.83. The van der Waals surface area contributed by atoms with Gasteiger partial charge in [0, 0.05) is 30.2 Å². The number of aliphatic hydroxyl groups excluding tert-OH is 1. The highest BCUT2D eigenvalue weighted by Crippen LogP contribution is 2.29. The Bertz CT molecular complexity index is 1650. The molecular weight excluding hydrogens is 629 g/mol. The molecule has 0 spiro atoms. The summed E-state index contributed by atoms with van der Waals surface area (Å²) in [6, 6.07) is 10.3.